The highest BCUT2D eigenvalue weighted by Gasteiger charge is 2.62. The number of benzene rings is 1. The van der Waals surface area contributed by atoms with Crippen molar-refractivity contribution < 1.29 is 33.3 Å². The summed E-state index contributed by atoms with van der Waals surface area (Å²) in [6.45, 7) is 6.23. The van der Waals surface area contributed by atoms with Gasteiger partial charge in [-0.05, 0) is 80.3 Å². The molecule has 228 valence electrons. The molecule has 3 fully saturated rings. The monoisotopic (exact) mass is 640 g/mol. The van der Waals surface area contributed by atoms with Crippen LogP contribution in [0.1, 0.15) is 64.7 Å². The van der Waals surface area contributed by atoms with Crippen LogP contribution in [-0.4, -0.2) is 42.3 Å². The fourth-order valence-corrected chi connectivity index (χ4v) is 9.39. The number of ether oxygens (including phenoxy) is 4. The van der Waals surface area contributed by atoms with Crippen LogP contribution in [0.5, 0.6) is 5.75 Å². The first-order valence-corrected chi connectivity index (χ1v) is 17.5. The molecule has 2 aliphatic heterocycles. The number of carbonyl (C=O) groups excluding carboxylic acids is 3. The topological polar surface area (TPSA) is 91.4 Å². The molecule has 0 radical (unpaired) electrons. The zero-order valence-corrected chi connectivity index (χ0v) is 26.7. The van der Waals surface area contributed by atoms with Crippen LogP contribution in [-0.2, 0) is 28.6 Å². The summed E-state index contributed by atoms with van der Waals surface area (Å²) in [5.41, 5.74) is 0.648. The molecule has 3 heterocycles. The number of hydrogen-bond donors (Lipinski definition) is 0. The minimum Gasteiger partial charge on any atom is -0.465 e. The molecule has 1 aromatic carbocycles. The molecule has 5 atom stereocenters. The van der Waals surface area contributed by atoms with E-state index in [4.69, 9.17) is 31.2 Å². The third-order valence-corrected chi connectivity index (χ3v) is 12.3. The van der Waals surface area contributed by atoms with E-state index in [0.717, 1.165) is 52.8 Å². The second-order valence-electron chi connectivity index (χ2n) is 12.5. The molecule has 0 amide bonds. The van der Waals surface area contributed by atoms with Crippen LogP contribution in [0.3, 0.4) is 0 Å². The Morgan fingerprint density at radius 3 is 2.53 bits per heavy atom. The highest BCUT2D eigenvalue weighted by atomic mass is 32.9. The van der Waals surface area contributed by atoms with Crippen LogP contribution in [0, 0.1) is 21.1 Å². The lowest BCUT2D eigenvalue weighted by molar-refractivity contribution is -0.150. The Bertz CT molecular complexity index is 1480. The number of allylic oxidation sites excluding steroid dienone is 2. The quantitative estimate of drug-likeness (QED) is 0.0554. The van der Waals surface area contributed by atoms with Crippen molar-refractivity contribution in [3.8, 4) is 16.2 Å². The summed E-state index contributed by atoms with van der Waals surface area (Å²) in [4.78, 5) is 39.9. The van der Waals surface area contributed by atoms with Gasteiger partial charge >= 0.3 is 17.9 Å². The number of rotatable bonds is 8. The van der Waals surface area contributed by atoms with Crippen LogP contribution in [0.25, 0.3) is 10.4 Å². The summed E-state index contributed by atoms with van der Waals surface area (Å²) in [5.74, 6) is -1.04. The molecule has 0 bridgehead atoms. The Balaban J connectivity index is 1.07. The van der Waals surface area contributed by atoms with Gasteiger partial charge < -0.3 is 18.9 Å². The van der Waals surface area contributed by atoms with E-state index in [1.165, 1.54) is 0 Å². The van der Waals surface area contributed by atoms with Crippen LogP contribution in [0.2, 0.25) is 0 Å². The molecule has 2 saturated heterocycles. The number of carbonyl (C=O) groups is 3. The zero-order chi connectivity index (χ0) is 30.2. The van der Waals surface area contributed by atoms with E-state index in [1.54, 1.807) is 32.8 Å². The minimum absolute atomic E-state index is 0.147. The van der Waals surface area contributed by atoms with Crippen molar-refractivity contribution in [1.29, 1.82) is 0 Å². The average molecular weight is 641 g/mol. The summed E-state index contributed by atoms with van der Waals surface area (Å²) in [5, 5.41) is 0. The lowest BCUT2D eigenvalue weighted by Gasteiger charge is -2.29. The van der Waals surface area contributed by atoms with Gasteiger partial charge in [0.05, 0.1) is 25.0 Å². The average Bonchev–Trinajstić information content (AvgIpc) is 3.28. The summed E-state index contributed by atoms with van der Waals surface area (Å²) in [6, 6.07) is 9.39. The van der Waals surface area contributed by atoms with E-state index in [2.05, 4.69) is 25.7 Å². The van der Waals surface area contributed by atoms with Gasteiger partial charge in [-0.25, -0.2) is 4.79 Å². The predicted octanol–water partition coefficient (Wildman–Crippen LogP) is 7.61. The normalized spacial score (nSPS) is 30.1. The summed E-state index contributed by atoms with van der Waals surface area (Å²) >= 11 is 5.23. The van der Waals surface area contributed by atoms with Crippen molar-refractivity contribution in [3.63, 3.8) is 0 Å². The molecule has 1 unspecified atom stereocenters. The Labute approximate surface area is 264 Å². The van der Waals surface area contributed by atoms with Gasteiger partial charge in [0.2, 0.25) is 0 Å². The van der Waals surface area contributed by atoms with Crippen LogP contribution in [0.15, 0.2) is 54.6 Å². The molecule has 1 aromatic heterocycles. The molecular weight excluding hydrogens is 605 g/mol. The largest absolute Gasteiger partial charge is 0.465 e. The van der Waals surface area contributed by atoms with E-state index in [-0.39, 0.29) is 54.9 Å². The van der Waals surface area contributed by atoms with Crippen molar-refractivity contribution in [2.75, 3.05) is 6.61 Å². The fraction of sp³-hybridized carbons (Fsp3) is 0.515. The smallest absolute Gasteiger partial charge is 0.334 e. The summed E-state index contributed by atoms with van der Waals surface area (Å²) in [6.07, 6.45) is 9.77. The minimum atomic E-state index is -0.481. The summed E-state index contributed by atoms with van der Waals surface area (Å²) in [7, 11) is 3.18. The molecule has 2 aromatic rings. The van der Waals surface area contributed by atoms with E-state index in [1.807, 2.05) is 18.2 Å². The van der Waals surface area contributed by atoms with Crippen LogP contribution in [0.4, 0.5) is 0 Å². The van der Waals surface area contributed by atoms with Crippen molar-refractivity contribution in [2.24, 2.45) is 17.3 Å². The first kappa shape index (κ1) is 30.4. The van der Waals surface area contributed by atoms with Crippen molar-refractivity contribution in [3.05, 3.63) is 58.5 Å². The molecule has 2 aliphatic carbocycles. The highest BCUT2D eigenvalue weighted by Crippen LogP contribution is 2.51. The van der Waals surface area contributed by atoms with Gasteiger partial charge in [-0.1, -0.05) is 64.5 Å². The maximum absolute atomic E-state index is 13.3. The Morgan fingerprint density at radius 1 is 1.07 bits per heavy atom. The lowest BCUT2D eigenvalue weighted by Crippen LogP contribution is -2.35. The maximum atomic E-state index is 13.3. The number of epoxide rings is 1. The standard InChI is InChI=1S/C33H36O7S3/c1-20-28-22(8-4-3-5-13-32(2)30(40-32)29(28)39-31(20)36)19-37-25(34)17-33(14-6-7-15-33)18-26(35)38-23-11-9-21(10-12-23)24-16-27(41)43-42-24/h3-4,9-12,16,22,28-30H,1,5-8,13-15,17-19H2,2H3/b4-3-/t22?,28-,29+,30+,32-/m1/s1. The Kier molecular flexibility index (Phi) is 8.75. The van der Waals surface area contributed by atoms with Gasteiger partial charge in [-0.2, -0.15) is 0 Å². The van der Waals surface area contributed by atoms with E-state index < -0.39 is 17.5 Å². The zero-order valence-electron chi connectivity index (χ0n) is 24.2. The first-order valence-electron chi connectivity index (χ1n) is 14.9. The van der Waals surface area contributed by atoms with Crippen molar-refractivity contribution in [1.82, 2.24) is 0 Å². The Morgan fingerprint density at radius 2 is 1.81 bits per heavy atom. The third-order valence-electron chi connectivity index (χ3n) is 9.42. The van der Waals surface area contributed by atoms with Crippen LogP contribution < -0.4 is 4.74 Å². The molecule has 0 N–H and O–H groups in total. The molecule has 43 heavy (non-hydrogen) atoms. The van der Waals surface area contributed by atoms with Gasteiger partial charge in [0, 0.05) is 22.3 Å². The SMILES string of the molecule is C=C1C(=O)O[C@H]2[C@H]1C(COC(=O)CC1(CC(=O)Oc3ccc(-c4cc(=S)ss4)cc3)CCCC1)C/C=C\CC[C@@]1(C)O[C@@H]21. The molecule has 4 aliphatic rings. The van der Waals surface area contributed by atoms with E-state index >= 15 is 0 Å². The van der Waals surface area contributed by atoms with Gasteiger partial charge in [0.25, 0.3) is 0 Å². The van der Waals surface area contributed by atoms with Crippen LogP contribution >= 0.6 is 32.9 Å². The van der Waals surface area contributed by atoms with Gasteiger partial charge in [-0.15, -0.1) is 0 Å². The second-order valence-corrected chi connectivity index (χ2v) is 15.4. The van der Waals surface area contributed by atoms with E-state index in [0.29, 0.717) is 17.7 Å². The molecule has 1 saturated carbocycles. The van der Waals surface area contributed by atoms with Gasteiger partial charge in [0.15, 0.2) is 0 Å². The molecule has 0 spiro atoms. The third kappa shape index (κ3) is 6.72. The number of fused-ring (bicyclic) bond motifs is 3. The van der Waals surface area contributed by atoms with Gasteiger partial charge in [0.1, 0.15) is 21.8 Å². The first-order chi connectivity index (χ1) is 20.6. The molecule has 6 rings (SSSR count). The van der Waals surface area contributed by atoms with Crippen molar-refractivity contribution >= 4 is 50.8 Å². The number of hydrogen-bond acceptors (Lipinski definition) is 10. The number of esters is 3. The Hall–Kier alpha value is -2.66. The van der Waals surface area contributed by atoms with Gasteiger partial charge in [-0.3, -0.25) is 9.59 Å². The fourth-order valence-electron chi connectivity index (χ4n) is 6.99. The van der Waals surface area contributed by atoms with E-state index in [9.17, 15) is 14.4 Å². The summed E-state index contributed by atoms with van der Waals surface area (Å²) < 4.78 is 24.2. The predicted molar refractivity (Wildman–Crippen MR) is 167 cm³/mol. The maximum Gasteiger partial charge on any atom is 0.334 e. The molecule has 7 nitrogen and oxygen atoms in total. The molecular formula is C33H36O7S3. The lowest BCUT2D eigenvalue weighted by atomic mass is 9.78. The highest BCUT2D eigenvalue weighted by molar-refractivity contribution is 7.80. The van der Waals surface area contributed by atoms with Crippen molar-refractivity contribution in [2.45, 2.75) is 82.5 Å². The molecule has 10 heteroatoms. The second kappa shape index (κ2) is 12.4.